The number of alkyl halides is 2. The van der Waals surface area contributed by atoms with Crippen molar-refractivity contribution in [3.8, 4) is 0 Å². The second-order valence-electron chi connectivity index (χ2n) is 2.55. The van der Waals surface area contributed by atoms with Gasteiger partial charge >= 0.3 is 5.97 Å². The van der Waals surface area contributed by atoms with Crippen molar-refractivity contribution < 1.29 is 18.3 Å². The summed E-state index contributed by atoms with van der Waals surface area (Å²) in [5.41, 5.74) is 5.20. The Labute approximate surface area is 83.5 Å². The van der Waals surface area contributed by atoms with Crippen molar-refractivity contribution in [1.29, 1.82) is 0 Å². The average Bonchev–Trinajstić information content (AvgIpc) is 2.64. The van der Waals surface area contributed by atoms with E-state index in [9.17, 15) is 13.6 Å². The molecule has 3 nitrogen and oxygen atoms in total. The van der Waals surface area contributed by atoms with E-state index in [2.05, 4.69) is 4.74 Å². The molecule has 1 unspecified atom stereocenters. The van der Waals surface area contributed by atoms with Crippen molar-refractivity contribution in [1.82, 2.24) is 0 Å². The zero-order chi connectivity index (χ0) is 10.7. The van der Waals surface area contributed by atoms with Crippen LogP contribution in [-0.4, -0.2) is 19.5 Å². The molecule has 0 aliphatic rings. The molecule has 0 aromatic carbocycles. The van der Waals surface area contributed by atoms with Crippen LogP contribution in [-0.2, 0) is 4.74 Å². The van der Waals surface area contributed by atoms with E-state index in [1.165, 1.54) is 19.2 Å². The van der Waals surface area contributed by atoms with Gasteiger partial charge < -0.3 is 10.5 Å². The van der Waals surface area contributed by atoms with Crippen LogP contribution in [0.4, 0.5) is 8.78 Å². The van der Waals surface area contributed by atoms with Crippen LogP contribution in [0.25, 0.3) is 0 Å². The summed E-state index contributed by atoms with van der Waals surface area (Å²) in [7, 11) is 1.23. The van der Waals surface area contributed by atoms with E-state index in [1.54, 1.807) is 0 Å². The number of hydrogen-bond donors (Lipinski definition) is 1. The maximum Gasteiger partial charge on any atom is 0.348 e. The number of methoxy groups -OCH3 is 1. The molecule has 1 aromatic rings. The van der Waals surface area contributed by atoms with Crippen LogP contribution in [0.1, 0.15) is 20.6 Å². The molecule has 6 heteroatoms. The van der Waals surface area contributed by atoms with E-state index in [0.717, 1.165) is 11.3 Å². The Hall–Kier alpha value is -1.01. The van der Waals surface area contributed by atoms with Gasteiger partial charge in [0.2, 0.25) is 0 Å². The smallest absolute Gasteiger partial charge is 0.348 e. The van der Waals surface area contributed by atoms with E-state index in [1.807, 2.05) is 0 Å². The minimum Gasteiger partial charge on any atom is -0.465 e. The third-order valence-electron chi connectivity index (χ3n) is 1.61. The van der Waals surface area contributed by atoms with Gasteiger partial charge in [-0.2, -0.15) is 0 Å². The van der Waals surface area contributed by atoms with Crippen molar-refractivity contribution in [3.63, 3.8) is 0 Å². The number of carbonyl (C=O) groups excluding carboxylic acids is 1. The molecule has 0 radical (unpaired) electrons. The van der Waals surface area contributed by atoms with Gasteiger partial charge in [0, 0.05) is 4.88 Å². The molecule has 1 aromatic heterocycles. The third-order valence-corrected chi connectivity index (χ3v) is 2.78. The average molecular weight is 221 g/mol. The van der Waals surface area contributed by atoms with Crippen LogP contribution in [0.5, 0.6) is 0 Å². The Bertz CT molecular complexity index is 327. The van der Waals surface area contributed by atoms with Crippen LogP contribution in [0, 0.1) is 0 Å². The molecule has 0 amide bonds. The number of carbonyl (C=O) groups is 1. The van der Waals surface area contributed by atoms with Crippen molar-refractivity contribution >= 4 is 17.3 Å². The number of thiophene rings is 1. The van der Waals surface area contributed by atoms with E-state index in [-0.39, 0.29) is 9.75 Å². The zero-order valence-corrected chi connectivity index (χ0v) is 8.18. The molecule has 0 saturated carbocycles. The van der Waals surface area contributed by atoms with Crippen LogP contribution < -0.4 is 5.73 Å². The summed E-state index contributed by atoms with van der Waals surface area (Å²) in [6, 6.07) is 1.50. The van der Waals surface area contributed by atoms with Crippen LogP contribution in [0.3, 0.4) is 0 Å². The summed E-state index contributed by atoms with van der Waals surface area (Å²) in [5.74, 6) is -0.539. The van der Waals surface area contributed by atoms with Gasteiger partial charge in [-0.3, -0.25) is 0 Å². The highest BCUT2D eigenvalue weighted by atomic mass is 32.1. The first-order valence-corrected chi connectivity index (χ1v) is 4.59. The number of rotatable bonds is 3. The first-order chi connectivity index (χ1) is 6.56. The summed E-state index contributed by atoms with van der Waals surface area (Å²) in [6.45, 7) is 0. The first-order valence-electron chi connectivity index (χ1n) is 3.78. The molecule has 0 fully saturated rings. The van der Waals surface area contributed by atoms with Crippen LogP contribution >= 0.6 is 11.3 Å². The fraction of sp³-hybridized carbons (Fsp3) is 0.375. The van der Waals surface area contributed by atoms with Gasteiger partial charge in [-0.25, -0.2) is 13.6 Å². The largest absolute Gasteiger partial charge is 0.465 e. The molecule has 2 N–H and O–H groups in total. The number of nitrogens with two attached hydrogens (primary N) is 1. The van der Waals surface area contributed by atoms with E-state index in [0.29, 0.717) is 0 Å². The van der Waals surface area contributed by atoms with Crippen molar-refractivity contribution in [2.24, 2.45) is 5.73 Å². The standard InChI is InChI=1S/C8H9F2NO2S/c1-13-8(12)5-3-2-4(14-5)6(11)7(9)10/h2-3,6-7H,11H2,1H3. The third kappa shape index (κ3) is 2.27. The Morgan fingerprint density at radius 1 is 1.57 bits per heavy atom. The predicted octanol–water partition coefficient (Wildman–Crippen LogP) is 1.80. The van der Waals surface area contributed by atoms with Crippen LogP contribution in [0.15, 0.2) is 12.1 Å². The SMILES string of the molecule is COC(=O)c1ccc(C(N)C(F)F)s1. The molecule has 0 aliphatic heterocycles. The van der Waals surface area contributed by atoms with Crippen molar-refractivity contribution in [2.75, 3.05) is 7.11 Å². The maximum atomic E-state index is 12.2. The van der Waals surface area contributed by atoms with Crippen molar-refractivity contribution in [3.05, 3.63) is 21.9 Å². The lowest BCUT2D eigenvalue weighted by Gasteiger charge is -2.06. The van der Waals surface area contributed by atoms with Gasteiger partial charge in [-0.1, -0.05) is 0 Å². The molecular formula is C8H9F2NO2S. The van der Waals surface area contributed by atoms with E-state index < -0.39 is 18.4 Å². The molecule has 1 atom stereocenters. The fourth-order valence-corrected chi connectivity index (χ4v) is 1.80. The van der Waals surface area contributed by atoms with Gasteiger partial charge in [0.1, 0.15) is 10.9 Å². The summed E-state index contributed by atoms with van der Waals surface area (Å²) in [6.07, 6.45) is -2.63. The summed E-state index contributed by atoms with van der Waals surface area (Å²) < 4.78 is 28.8. The summed E-state index contributed by atoms with van der Waals surface area (Å²) >= 11 is 0.922. The molecule has 0 bridgehead atoms. The minimum atomic E-state index is -2.63. The number of halogens is 2. The molecule has 1 rings (SSSR count). The van der Waals surface area contributed by atoms with Gasteiger partial charge in [0.25, 0.3) is 6.43 Å². The van der Waals surface area contributed by atoms with E-state index >= 15 is 0 Å². The molecule has 1 heterocycles. The molecule has 0 aliphatic carbocycles. The second kappa shape index (κ2) is 4.47. The Balaban J connectivity index is 2.82. The van der Waals surface area contributed by atoms with Gasteiger partial charge in [0.05, 0.1) is 7.11 Å². The first kappa shape index (κ1) is 11.1. The minimum absolute atomic E-state index is 0.276. The number of ether oxygens (including phenoxy) is 1. The predicted molar refractivity (Wildman–Crippen MR) is 48.6 cm³/mol. The lowest BCUT2D eigenvalue weighted by molar-refractivity contribution is 0.0606. The van der Waals surface area contributed by atoms with Crippen LogP contribution in [0.2, 0.25) is 0 Å². The fourth-order valence-electron chi connectivity index (χ4n) is 0.866. The lowest BCUT2D eigenvalue weighted by atomic mass is 10.2. The zero-order valence-electron chi connectivity index (χ0n) is 7.37. The van der Waals surface area contributed by atoms with Gasteiger partial charge in [0.15, 0.2) is 0 Å². The molecule has 0 spiro atoms. The molecule has 14 heavy (non-hydrogen) atoms. The monoisotopic (exact) mass is 221 g/mol. The van der Waals surface area contributed by atoms with Gasteiger partial charge in [-0.15, -0.1) is 11.3 Å². The topological polar surface area (TPSA) is 52.3 Å². The number of esters is 1. The van der Waals surface area contributed by atoms with E-state index in [4.69, 9.17) is 5.73 Å². The quantitative estimate of drug-likeness (QED) is 0.792. The summed E-state index contributed by atoms with van der Waals surface area (Å²) in [5, 5.41) is 0. The Kier molecular flexibility index (Phi) is 3.54. The normalized spacial score (nSPS) is 12.9. The number of hydrogen-bond acceptors (Lipinski definition) is 4. The highest BCUT2D eigenvalue weighted by Crippen LogP contribution is 2.26. The lowest BCUT2D eigenvalue weighted by Crippen LogP contribution is -2.17. The van der Waals surface area contributed by atoms with Gasteiger partial charge in [-0.05, 0) is 12.1 Å². The highest BCUT2D eigenvalue weighted by molar-refractivity contribution is 7.14. The summed E-state index contributed by atoms with van der Waals surface area (Å²) in [4.78, 5) is 11.5. The highest BCUT2D eigenvalue weighted by Gasteiger charge is 2.20. The second-order valence-corrected chi connectivity index (χ2v) is 3.67. The Morgan fingerprint density at radius 2 is 2.21 bits per heavy atom. The Morgan fingerprint density at radius 3 is 2.71 bits per heavy atom. The molecule has 78 valence electrons. The van der Waals surface area contributed by atoms with Crippen molar-refractivity contribution in [2.45, 2.75) is 12.5 Å². The molecule has 0 saturated heterocycles. The molecular weight excluding hydrogens is 212 g/mol. The maximum absolute atomic E-state index is 12.2.